The maximum absolute atomic E-state index is 12.2. The molecule has 0 fully saturated rings. The Kier molecular flexibility index (Phi) is 2.55. The van der Waals surface area contributed by atoms with Gasteiger partial charge >= 0.3 is 12.1 Å². The second-order valence-electron chi connectivity index (χ2n) is 4.70. The molecule has 0 aliphatic heterocycles. The van der Waals surface area contributed by atoms with Crippen molar-refractivity contribution in [3.63, 3.8) is 0 Å². The number of carbonyl (C=O) groups excluding carboxylic acids is 1. The van der Waals surface area contributed by atoms with Gasteiger partial charge in [0, 0.05) is 29.1 Å². The lowest BCUT2D eigenvalue weighted by molar-refractivity contribution is -0.174. The summed E-state index contributed by atoms with van der Waals surface area (Å²) in [7, 11) is 0. The summed E-state index contributed by atoms with van der Waals surface area (Å²) in [6.45, 7) is 0. The minimum atomic E-state index is -4.82. The number of benzene rings is 1. The van der Waals surface area contributed by atoms with Crippen molar-refractivity contribution in [3.8, 4) is 0 Å². The van der Waals surface area contributed by atoms with Gasteiger partial charge in [-0.2, -0.15) is 13.2 Å². The van der Waals surface area contributed by atoms with Gasteiger partial charge in [0.25, 0.3) is 0 Å². The third kappa shape index (κ3) is 2.07. The van der Waals surface area contributed by atoms with Crippen LogP contribution in [-0.4, -0.2) is 23.1 Å². The minimum Gasteiger partial charge on any atom is -0.358 e. The monoisotopic (exact) mass is 268 g/mol. The highest BCUT2D eigenvalue weighted by Crippen LogP contribution is 2.30. The average Bonchev–Trinajstić information content (AvgIpc) is 2.84. The zero-order valence-electron chi connectivity index (χ0n) is 9.84. The highest BCUT2D eigenvalue weighted by Gasteiger charge is 2.40. The van der Waals surface area contributed by atoms with Crippen LogP contribution in [0.1, 0.15) is 11.3 Å². The maximum atomic E-state index is 12.2. The molecule has 2 aromatic rings. The molecular formula is C13H11F3N2O. The molecule has 1 amide bonds. The van der Waals surface area contributed by atoms with Crippen molar-refractivity contribution in [2.75, 3.05) is 0 Å². The molecule has 100 valence electrons. The number of hydrogen-bond acceptors (Lipinski definition) is 1. The number of fused-ring (bicyclic) bond motifs is 3. The predicted molar refractivity (Wildman–Crippen MR) is 63.7 cm³/mol. The Labute approximate surface area is 106 Å². The van der Waals surface area contributed by atoms with Crippen LogP contribution in [0.15, 0.2) is 24.3 Å². The first-order valence-corrected chi connectivity index (χ1v) is 5.91. The van der Waals surface area contributed by atoms with Crippen molar-refractivity contribution in [2.45, 2.75) is 25.1 Å². The van der Waals surface area contributed by atoms with E-state index < -0.39 is 18.1 Å². The summed E-state index contributed by atoms with van der Waals surface area (Å²) >= 11 is 0. The number of aromatic amines is 1. The van der Waals surface area contributed by atoms with Gasteiger partial charge in [-0.15, -0.1) is 0 Å². The van der Waals surface area contributed by atoms with Crippen molar-refractivity contribution in [3.05, 3.63) is 35.5 Å². The van der Waals surface area contributed by atoms with Crippen LogP contribution in [0.4, 0.5) is 13.2 Å². The van der Waals surface area contributed by atoms with Crippen LogP contribution in [0.25, 0.3) is 10.9 Å². The van der Waals surface area contributed by atoms with E-state index in [1.54, 1.807) is 0 Å². The fourth-order valence-electron chi connectivity index (χ4n) is 2.60. The van der Waals surface area contributed by atoms with Gasteiger partial charge in [-0.05, 0) is 18.1 Å². The largest absolute Gasteiger partial charge is 0.471 e. The van der Waals surface area contributed by atoms with Crippen LogP contribution in [0.2, 0.25) is 0 Å². The topological polar surface area (TPSA) is 44.9 Å². The molecule has 0 bridgehead atoms. The molecule has 0 saturated heterocycles. The van der Waals surface area contributed by atoms with E-state index in [1.165, 1.54) is 0 Å². The SMILES string of the molecule is O=C(NC1Cc2[nH]c3ccccc3c2C1)C(F)(F)F. The molecular weight excluding hydrogens is 257 g/mol. The number of aromatic nitrogens is 1. The van der Waals surface area contributed by atoms with Gasteiger partial charge in [-0.3, -0.25) is 4.79 Å². The van der Waals surface area contributed by atoms with Crippen LogP contribution in [0, 0.1) is 0 Å². The van der Waals surface area contributed by atoms with Crippen molar-refractivity contribution in [2.24, 2.45) is 0 Å². The van der Waals surface area contributed by atoms with Crippen molar-refractivity contribution in [1.82, 2.24) is 10.3 Å². The summed E-state index contributed by atoms with van der Waals surface area (Å²) < 4.78 is 36.6. The number of H-pyrrole nitrogens is 1. The number of alkyl halides is 3. The number of amides is 1. The van der Waals surface area contributed by atoms with Gasteiger partial charge < -0.3 is 10.3 Å². The van der Waals surface area contributed by atoms with E-state index >= 15 is 0 Å². The summed E-state index contributed by atoms with van der Waals surface area (Å²) in [4.78, 5) is 14.1. The van der Waals surface area contributed by atoms with E-state index in [-0.39, 0.29) is 0 Å². The number of nitrogens with one attached hydrogen (secondary N) is 2. The zero-order chi connectivity index (χ0) is 13.6. The molecule has 1 heterocycles. The van der Waals surface area contributed by atoms with E-state index in [2.05, 4.69) is 4.98 Å². The molecule has 2 N–H and O–H groups in total. The fourth-order valence-corrected chi connectivity index (χ4v) is 2.60. The third-order valence-electron chi connectivity index (χ3n) is 3.40. The first-order chi connectivity index (χ1) is 8.95. The molecule has 1 aromatic heterocycles. The van der Waals surface area contributed by atoms with Crippen LogP contribution >= 0.6 is 0 Å². The van der Waals surface area contributed by atoms with E-state index in [0.29, 0.717) is 12.8 Å². The van der Waals surface area contributed by atoms with E-state index in [9.17, 15) is 18.0 Å². The molecule has 1 unspecified atom stereocenters. The number of hydrogen-bond donors (Lipinski definition) is 2. The predicted octanol–water partition coefficient (Wildman–Crippen LogP) is 2.31. The first-order valence-electron chi connectivity index (χ1n) is 5.91. The van der Waals surface area contributed by atoms with Gasteiger partial charge in [0.2, 0.25) is 0 Å². The molecule has 1 aliphatic rings. The Morgan fingerprint density at radius 3 is 2.74 bits per heavy atom. The smallest absolute Gasteiger partial charge is 0.358 e. The highest BCUT2D eigenvalue weighted by molar-refractivity contribution is 5.86. The van der Waals surface area contributed by atoms with Crippen molar-refractivity contribution >= 4 is 16.8 Å². The van der Waals surface area contributed by atoms with E-state index in [0.717, 1.165) is 22.2 Å². The Morgan fingerprint density at radius 2 is 2.00 bits per heavy atom. The highest BCUT2D eigenvalue weighted by atomic mass is 19.4. The van der Waals surface area contributed by atoms with Gasteiger partial charge in [-0.25, -0.2) is 0 Å². The van der Waals surface area contributed by atoms with Crippen LogP contribution < -0.4 is 5.32 Å². The lowest BCUT2D eigenvalue weighted by Crippen LogP contribution is -2.43. The van der Waals surface area contributed by atoms with Gasteiger partial charge in [0.05, 0.1) is 0 Å². The van der Waals surface area contributed by atoms with Crippen molar-refractivity contribution < 1.29 is 18.0 Å². The molecule has 1 aromatic carbocycles. The van der Waals surface area contributed by atoms with E-state index in [1.807, 2.05) is 29.6 Å². The average molecular weight is 268 g/mol. The van der Waals surface area contributed by atoms with Crippen LogP contribution in [0.3, 0.4) is 0 Å². The lowest BCUT2D eigenvalue weighted by Gasteiger charge is -2.13. The molecule has 19 heavy (non-hydrogen) atoms. The summed E-state index contributed by atoms with van der Waals surface area (Å²) in [6.07, 6.45) is -3.98. The van der Waals surface area contributed by atoms with Gasteiger partial charge in [0.15, 0.2) is 0 Å². The molecule has 3 rings (SSSR count). The standard InChI is InChI=1S/C13H11F3N2O/c14-13(15,16)12(19)17-7-5-9-8-3-1-2-4-10(8)18-11(9)6-7/h1-4,7,18H,5-6H2,(H,17,19). The number of carbonyl (C=O) groups is 1. The normalized spacial score (nSPS) is 18.6. The Bertz CT molecular complexity index is 645. The summed E-state index contributed by atoms with van der Waals surface area (Å²) in [5.41, 5.74) is 2.89. The second-order valence-corrected chi connectivity index (χ2v) is 4.70. The second kappa shape index (κ2) is 4.01. The molecule has 3 nitrogen and oxygen atoms in total. The summed E-state index contributed by atoms with van der Waals surface area (Å²) in [6, 6.07) is 7.16. The van der Waals surface area contributed by atoms with E-state index in [4.69, 9.17) is 0 Å². The first kappa shape index (κ1) is 12.1. The Hall–Kier alpha value is -1.98. The molecule has 0 saturated carbocycles. The van der Waals surface area contributed by atoms with Crippen LogP contribution in [-0.2, 0) is 17.6 Å². The maximum Gasteiger partial charge on any atom is 0.471 e. The van der Waals surface area contributed by atoms with Gasteiger partial charge in [-0.1, -0.05) is 18.2 Å². The quantitative estimate of drug-likeness (QED) is 0.819. The Balaban J connectivity index is 1.80. The molecule has 6 heteroatoms. The minimum absolute atomic E-state index is 0.409. The fraction of sp³-hybridized carbons (Fsp3) is 0.308. The third-order valence-corrected chi connectivity index (χ3v) is 3.40. The molecule has 0 spiro atoms. The van der Waals surface area contributed by atoms with Crippen LogP contribution in [0.5, 0.6) is 0 Å². The molecule has 1 atom stereocenters. The number of halogens is 3. The zero-order valence-corrected chi connectivity index (χ0v) is 9.84. The molecule has 0 radical (unpaired) electrons. The lowest BCUT2D eigenvalue weighted by atomic mass is 10.1. The van der Waals surface area contributed by atoms with Crippen molar-refractivity contribution in [1.29, 1.82) is 0 Å². The molecule has 1 aliphatic carbocycles. The Morgan fingerprint density at radius 1 is 1.26 bits per heavy atom. The summed E-state index contributed by atoms with van der Waals surface area (Å²) in [5, 5.41) is 3.05. The number of para-hydroxylation sites is 1. The summed E-state index contributed by atoms with van der Waals surface area (Å²) in [5.74, 6) is -1.87. The number of rotatable bonds is 1. The van der Waals surface area contributed by atoms with Gasteiger partial charge in [0.1, 0.15) is 0 Å².